The van der Waals surface area contributed by atoms with E-state index in [1.54, 1.807) is 26.5 Å². The van der Waals surface area contributed by atoms with Gasteiger partial charge in [-0.05, 0) is 49.1 Å². The first-order valence-electron chi connectivity index (χ1n) is 8.65. The normalized spacial score (nSPS) is 15.5. The zero-order valence-electron chi connectivity index (χ0n) is 15.5. The molecule has 0 bridgehead atoms. The van der Waals surface area contributed by atoms with E-state index in [9.17, 15) is 4.79 Å². The van der Waals surface area contributed by atoms with Crippen molar-refractivity contribution < 1.29 is 14.3 Å². The number of amides is 1. The molecule has 0 fully saturated rings. The van der Waals surface area contributed by atoms with Gasteiger partial charge in [-0.1, -0.05) is 6.07 Å². The molecule has 2 heterocycles. The number of ether oxygens (including phenoxy) is 2. The van der Waals surface area contributed by atoms with Crippen molar-refractivity contribution in [3.8, 4) is 11.5 Å². The van der Waals surface area contributed by atoms with Crippen molar-refractivity contribution in [3.63, 3.8) is 0 Å². The van der Waals surface area contributed by atoms with Crippen LogP contribution in [0.5, 0.6) is 11.5 Å². The monoisotopic (exact) mass is 355 g/mol. The van der Waals surface area contributed by atoms with Gasteiger partial charge in [0, 0.05) is 36.6 Å². The van der Waals surface area contributed by atoms with Gasteiger partial charge in [0.15, 0.2) is 11.5 Å². The van der Waals surface area contributed by atoms with Gasteiger partial charge in [0.25, 0.3) is 5.91 Å². The number of fused-ring (bicyclic) bond motifs is 1. The van der Waals surface area contributed by atoms with E-state index in [2.05, 4.69) is 4.98 Å². The maximum atomic E-state index is 12.7. The minimum atomic E-state index is -0.409. The van der Waals surface area contributed by atoms with Crippen LogP contribution in [0.25, 0.3) is 0 Å². The average molecular weight is 355 g/mol. The average Bonchev–Trinajstić information content (AvgIpc) is 2.94. The smallest absolute Gasteiger partial charge is 0.254 e. The second-order valence-electron chi connectivity index (χ2n) is 7.03. The highest BCUT2D eigenvalue weighted by Gasteiger charge is 2.31. The lowest BCUT2D eigenvalue weighted by Gasteiger charge is -2.27. The van der Waals surface area contributed by atoms with Crippen LogP contribution in [0.3, 0.4) is 0 Å². The van der Waals surface area contributed by atoms with Gasteiger partial charge in [0.2, 0.25) is 0 Å². The number of nitrogens with zero attached hydrogens (tertiary/aromatic N) is 2. The van der Waals surface area contributed by atoms with Gasteiger partial charge < -0.3 is 20.1 Å². The van der Waals surface area contributed by atoms with Gasteiger partial charge in [-0.15, -0.1) is 0 Å². The third kappa shape index (κ3) is 3.80. The molecule has 0 saturated carbocycles. The predicted molar refractivity (Wildman–Crippen MR) is 99.4 cm³/mol. The summed E-state index contributed by atoms with van der Waals surface area (Å²) in [5.41, 5.74) is 8.79. The molecule has 138 valence electrons. The third-order valence-corrected chi connectivity index (χ3v) is 4.77. The van der Waals surface area contributed by atoms with Crippen LogP contribution >= 0.6 is 0 Å². The number of carbonyl (C=O) groups excluding carboxylic acids is 1. The van der Waals surface area contributed by atoms with Crippen molar-refractivity contribution in [2.45, 2.75) is 31.8 Å². The SMILES string of the molecule is COc1cc2c(cc1OC)C(=O)N(CCC(C)(N)Cc1cccnc1)C2. The highest BCUT2D eigenvalue weighted by atomic mass is 16.5. The van der Waals surface area contributed by atoms with Crippen LogP contribution in [-0.2, 0) is 13.0 Å². The van der Waals surface area contributed by atoms with Crippen LogP contribution in [0, 0.1) is 0 Å². The zero-order valence-corrected chi connectivity index (χ0v) is 15.5. The Kier molecular flexibility index (Phi) is 5.13. The molecule has 1 aromatic carbocycles. The molecule has 1 unspecified atom stereocenters. The van der Waals surface area contributed by atoms with E-state index in [1.807, 2.05) is 36.2 Å². The topological polar surface area (TPSA) is 77.7 Å². The van der Waals surface area contributed by atoms with Crippen molar-refractivity contribution >= 4 is 5.91 Å². The molecule has 0 spiro atoms. The first-order chi connectivity index (χ1) is 12.4. The summed E-state index contributed by atoms with van der Waals surface area (Å²) >= 11 is 0. The van der Waals surface area contributed by atoms with Crippen molar-refractivity contribution in [2.24, 2.45) is 5.73 Å². The van der Waals surface area contributed by atoms with Gasteiger partial charge in [-0.3, -0.25) is 9.78 Å². The first kappa shape index (κ1) is 18.2. The lowest BCUT2D eigenvalue weighted by molar-refractivity contribution is 0.0767. The summed E-state index contributed by atoms with van der Waals surface area (Å²) in [6.45, 7) is 3.18. The van der Waals surface area contributed by atoms with E-state index < -0.39 is 5.54 Å². The van der Waals surface area contributed by atoms with Gasteiger partial charge in [0.05, 0.1) is 14.2 Å². The maximum absolute atomic E-state index is 12.7. The summed E-state index contributed by atoms with van der Waals surface area (Å²) in [7, 11) is 3.16. The van der Waals surface area contributed by atoms with E-state index in [0.29, 0.717) is 36.6 Å². The number of rotatable bonds is 7. The molecular formula is C20H25N3O3. The van der Waals surface area contributed by atoms with Crippen molar-refractivity contribution in [1.29, 1.82) is 0 Å². The molecule has 1 atom stereocenters. The largest absolute Gasteiger partial charge is 0.493 e. The standard InChI is InChI=1S/C20H25N3O3/c1-20(21,11-14-5-4-7-22-12-14)6-8-23-13-15-9-17(25-2)18(26-3)10-16(15)19(23)24/h4-5,7,9-10,12H,6,8,11,13,21H2,1-3H3. The fraction of sp³-hybridized carbons (Fsp3) is 0.400. The fourth-order valence-electron chi connectivity index (χ4n) is 3.33. The van der Waals surface area contributed by atoms with Crippen LogP contribution in [0.4, 0.5) is 0 Å². The molecule has 2 N–H and O–H groups in total. The summed E-state index contributed by atoms with van der Waals surface area (Å²) in [5.74, 6) is 1.22. The Morgan fingerprint density at radius 3 is 2.65 bits per heavy atom. The van der Waals surface area contributed by atoms with Crippen LogP contribution < -0.4 is 15.2 Å². The Hall–Kier alpha value is -2.60. The molecule has 1 aromatic heterocycles. The van der Waals surface area contributed by atoms with Gasteiger partial charge in [-0.2, -0.15) is 0 Å². The van der Waals surface area contributed by atoms with Crippen LogP contribution in [0.2, 0.25) is 0 Å². The second-order valence-corrected chi connectivity index (χ2v) is 7.03. The molecule has 1 aliphatic heterocycles. The zero-order chi connectivity index (χ0) is 18.7. The molecule has 2 aromatic rings. The lowest BCUT2D eigenvalue weighted by Crippen LogP contribution is -2.42. The van der Waals surface area contributed by atoms with Crippen molar-refractivity contribution in [1.82, 2.24) is 9.88 Å². The third-order valence-electron chi connectivity index (χ3n) is 4.77. The van der Waals surface area contributed by atoms with Crippen LogP contribution in [0.15, 0.2) is 36.7 Å². The lowest BCUT2D eigenvalue weighted by atomic mass is 9.91. The minimum Gasteiger partial charge on any atom is -0.493 e. The number of hydrogen-bond donors (Lipinski definition) is 1. The highest BCUT2D eigenvalue weighted by molar-refractivity contribution is 5.99. The Labute approximate surface area is 153 Å². The quantitative estimate of drug-likeness (QED) is 0.825. The van der Waals surface area contributed by atoms with E-state index >= 15 is 0 Å². The Bertz CT molecular complexity index is 790. The number of carbonyl (C=O) groups is 1. The number of nitrogens with two attached hydrogens (primary N) is 1. The Morgan fingerprint density at radius 2 is 2.00 bits per heavy atom. The number of aromatic nitrogens is 1. The van der Waals surface area contributed by atoms with E-state index in [0.717, 1.165) is 17.5 Å². The summed E-state index contributed by atoms with van der Waals surface area (Å²) in [6, 6.07) is 7.57. The molecule has 26 heavy (non-hydrogen) atoms. The molecule has 0 radical (unpaired) electrons. The first-order valence-corrected chi connectivity index (χ1v) is 8.65. The molecule has 0 saturated heterocycles. The van der Waals surface area contributed by atoms with Crippen molar-refractivity contribution in [3.05, 3.63) is 53.3 Å². The highest BCUT2D eigenvalue weighted by Crippen LogP contribution is 2.35. The fourth-order valence-corrected chi connectivity index (χ4v) is 3.33. The maximum Gasteiger partial charge on any atom is 0.254 e. The van der Waals surface area contributed by atoms with E-state index in [1.165, 1.54) is 0 Å². The molecule has 1 amide bonds. The Balaban J connectivity index is 1.67. The van der Waals surface area contributed by atoms with Crippen LogP contribution in [-0.4, -0.2) is 42.1 Å². The predicted octanol–water partition coefficient (Wildman–Crippen LogP) is 2.40. The van der Waals surface area contributed by atoms with Gasteiger partial charge >= 0.3 is 0 Å². The minimum absolute atomic E-state index is 0.0122. The summed E-state index contributed by atoms with van der Waals surface area (Å²) < 4.78 is 10.6. The molecule has 3 rings (SSSR count). The summed E-state index contributed by atoms with van der Waals surface area (Å²) in [5, 5.41) is 0. The number of benzene rings is 1. The Morgan fingerprint density at radius 1 is 1.27 bits per heavy atom. The van der Waals surface area contributed by atoms with E-state index in [-0.39, 0.29) is 5.91 Å². The second kappa shape index (κ2) is 7.33. The molecule has 0 aliphatic carbocycles. The molecule has 6 heteroatoms. The number of pyridine rings is 1. The van der Waals surface area contributed by atoms with Gasteiger partial charge in [0.1, 0.15) is 0 Å². The van der Waals surface area contributed by atoms with E-state index in [4.69, 9.17) is 15.2 Å². The summed E-state index contributed by atoms with van der Waals surface area (Å²) in [4.78, 5) is 18.7. The van der Waals surface area contributed by atoms with Crippen molar-refractivity contribution in [2.75, 3.05) is 20.8 Å². The molecule has 1 aliphatic rings. The molecular weight excluding hydrogens is 330 g/mol. The van der Waals surface area contributed by atoms with Crippen LogP contribution in [0.1, 0.15) is 34.8 Å². The van der Waals surface area contributed by atoms with Gasteiger partial charge in [-0.25, -0.2) is 0 Å². The summed E-state index contributed by atoms with van der Waals surface area (Å²) in [6.07, 6.45) is 5.01. The number of hydrogen-bond acceptors (Lipinski definition) is 5. The number of methoxy groups -OCH3 is 2. The molecule has 6 nitrogen and oxygen atoms in total.